The van der Waals surface area contributed by atoms with Crippen molar-refractivity contribution in [3.8, 4) is 0 Å². The Bertz CT molecular complexity index is 470. The summed E-state index contributed by atoms with van der Waals surface area (Å²) < 4.78 is 13.7. The van der Waals surface area contributed by atoms with Gasteiger partial charge in [0.1, 0.15) is 5.82 Å². The number of rotatable bonds is 6. The molecule has 4 heteroatoms. The second kappa shape index (κ2) is 7.93. The van der Waals surface area contributed by atoms with E-state index in [2.05, 4.69) is 31.0 Å². The van der Waals surface area contributed by atoms with E-state index in [0.717, 1.165) is 50.1 Å². The van der Waals surface area contributed by atoms with Crippen LogP contribution in [-0.2, 0) is 0 Å². The third-order valence-electron chi connectivity index (χ3n) is 4.43. The average Bonchev–Trinajstić information content (AvgIpc) is 2.47. The number of benzene rings is 1. The maximum absolute atomic E-state index is 13.7. The van der Waals surface area contributed by atoms with Gasteiger partial charge in [-0.2, -0.15) is 0 Å². The first-order valence-corrected chi connectivity index (χ1v) is 8.43. The minimum absolute atomic E-state index is 0.122. The Hall–Kier alpha value is -1.13. The Morgan fingerprint density at radius 2 is 1.95 bits per heavy atom. The molecule has 0 bridgehead atoms. The Morgan fingerprint density at radius 1 is 1.27 bits per heavy atom. The topological polar surface area (TPSA) is 35.5 Å². The van der Waals surface area contributed by atoms with E-state index in [1.807, 2.05) is 6.07 Å². The Balaban J connectivity index is 2.09. The van der Waals surface area contributed by atoms with Crippen molar-refractivity contribution in [2.75, 3.05) is 24.5 Å². The summed E-state index contributed by atoms with van der Waals surface area (Å²) in [5.41, 5.74) is 2.11. The predicted molar refractivity (Wildman–Crippen MR) is 89.7 cm³/mol. The van der Waals surface area contributed by atoms with E-state index in [9.17, 15) is 9.50 Å². The monoisotopic (exact) mass is 308 g/mol. The van der Waals surface area contributed by atoms with Crippen molar-refractivity contribution in [2.24, 2.45) is 5.92 Å². The molecule has 1 aromatic carbocycles. The summed E-state index contributed by atoms with van der Waals surface area (Å²) in [6, 6.07) is 5.18. The number of halogens is 1. The van der Waals surface area contributed by atoms with Crippen LogP contribution in [0.2, 0.25) is 0 Å². The van der Waals surface area contributed by atoms with Gasteiger partial charge in [-0.15, -0.1) is 0 Å². The molecule has 0 saturated carbocycles. The lowest BCUT2D eigenvalue weighted by Gasteiger charge is -2.34. The van der Waals surface area contributed by atoms with Crippen molar-refractivity contribution in [1.29, 1.82) is 0 Å². The zero-order chi connectivity index (χ0) is 16.1. The summed E-state index contributed by atoms with van der Waals surface area (Å²) in [5.74, 6) is 0.476. The smallest absolute Gasteiger partial charge is 0.123 e. The van der Waals surface area contributed by atoms with Gasteiger partial charge < -0.3 is 15.3 Å². The van der Waals surface area contributed by atoms with Crippen molar-refractivity contribution < 1.29 is 9.50 Å². The highest BCUT2D eigenvalue weighted by Crippen LogP contribution is 2.29. The zero-order valence-corrected chi connectivity index (χ0v) is 14.0. The number of nitrogens with one attached hydrogen (secondary N) is 1. The number of anilines is 1. The van der Waals surface area contributed by atoms with E-state index in [-0.39, 0.29) is 18.0 Å². The molecule has 3 nitrogen and oxygen atoms in total. The Labute approximate surface area is 133 Å². The molecule has 124 valence electrons. The SMILES string of the molecule is CC(C)CCNC(C)c1cc(F)ccc1N1CCC(O)CC1. The standard InChI is InChI=1S/C18H29FN2O/c1-13(2)6-9-20-14(3)17-12-15(19)4-5-18(17)21-10-7-16(22)8-11-21/h4-5,12-14,16,20,22H,6-11H2,1-3H3. The molecule has 1 atom stereocenters. The molecule has 22 heavy (non-hydrogen) atoms. The fourth-order valence-electron chi connectivity index (χ4n) is 2.97. The molecule has 0 aliphatic carbocycles. The number of piperidine rings is 1. The fraction of sp³-hybridized carbons (Fsp3) is 0.667. The van der Waals surface area contributed by atoms with Crippen LogP contribution in [0.5, 0.6) is 0 Å². The summed E-state index contributed by atoms with van der Waals surface area (Å²) in [5, 5.41) is 13.2. The van der Waals surface area contributed by atoms with Gasteiger partial charge in [-0.05, 0) is 62.4 Å². The number of hydrogen-bond acceptors (Lipinski definition) is 3. The van der Waals surface area contributed by atoms with Gasteiger partial charge in [0.2, 0.25) is 0 Å². The molecule has 1 aliphatic rings. The normalized spacial score (nSPS) is 18.0. The largest absolute Gasteiger partial charge is 0.393 e. The average molecular weight is 308 g/mol. The summed E-state index contributed by atoms with van der Waals surface area (Å²) in [6.07, 6.45) is 2.49. The van der Waals surface area contributed by atoms with Crippen LogP contribution in [0, 0.1) is 11.7 Å². The number of hydrogen-bond donors (Lipinski definition) is 2. The summed E-state index contributed by atoms with van der Waals surface area (Å²) in [7, 11) is 0. The lowest BCUT2D eigenvalue weighted by molar-refractivity contribution is 0.145. The van der Waals surface area contributed by atoms with E-state index in [0.29, 0.717) is 5.92 Å². The quantitative estimate of drug-likeness (QED) is 0.844. The zero-order valence-electron chi connectivity index (χ0n) is 14.0. The molecule has 2 N–H and O–H groups in total. The molecule has 1 unspecified atom stereocenters. The Morgan fingerprint density at radius 3 is 2.59 bits per heavy atom. The van der Waals surface area contributed by atoms with Crippen LogP contribution in [0.3, 0.4) is 0 Å². The summed E-state index contributed by atoms with van der Waals surface area (Å²) in [6.45, 7) is 9.11. The molecule has 0 aromatic heterocycles. The van der Waals surface area contributed by atoms with Gasteiger partial charge in [-0.25, -0.2) is 4.39 Å². The van der Waals surface area contributed by atoms with Gasteiger partial charge in [0.05, 0.1) is 6.10 Å². The van der Waals surface area contributed by atoms with Gasteiger partial charge in [-0.1, -0.05) is 13.8 Å². The van der Waals surface area contributed by atoms with E-state index < -0.39 is 0 Å². The third kappa shape index (κ3) is 4.68. The van der Waals surface area contributed by atoms with Gasteiger partial charge in [0, 0.05) is 24.8 Å². The van der Waals surface area contributed by atoms with E-state index in [1.165, 1.54) is 6.07 Å². The molecule has 1 heterocycles. The van der Waals surface area contributed by atoms with E-state index in [4.69, 9.17) is 0 Å². The number of aliphatic hydroxyl groups is 1. The van der Waals surface area contributed by atoms with Gasteiger partial charge in [0.15, 0.2) is 0 Å². The van der Waals surface area contributed by atoms with Crippen LogP contribution < -0.4 is 10.2 Å². The molecule has 0 spiro atoms. The van der Waals surface area contributed by atoms with Gasteiger partial charge in [0.25, 0.3) is 0 Å². The first-order valence-electron chi connectivity index (χ1n) is 8.43. The highest BCUT2D eigenvalue weighted by atomic mass is 19.1. The first-order chi connectivity index (χ1) is 10.5. The van der Waals surface area contributed by atoms with Crippen molar-refractivity contribution in [1.82, 2.24) is 5.32 Å². The van der Waals surface area contributed by atoms with Gasteiger partial charge >= 0.3 is 0 Å². The lowest BCUT2D eigenvalue weighted by atomic mass is 10.0. The summed E-state index contributed by atoms with van der Waals surface area (Å²) >= 11 is 0. The van der Waals surface area contributed by atoms with Crippen LogP contribution in [0.4, 0.5) is 10.1 Å². The minimum Gasteiger partial charge on any atom is -0.393 e. The van der Waals surface area contributed by atoms with Crippen LogP contribution >= 0.6 is 0 Å². The first kappa shape index (κ1) is 17.2. The summed E-state index contributed by atoms with van der Waals surface area (Å²) in [4.78, 5) is 2.27. The maximum Gasteiger partial charge on any atom is 0.123 e. The maximum atomic E-state index is 13.7. The van der Waals surface area contributed by atoms with Crippen molar-refractivity contribution in [2.45, 2.75) is 52.2 Å². The molecule has 1 aromatic rings. The number of aliphatic hydroxyl groups excluding tert-OH is 1. The predicted octanol–water partition coefficient (Wildman–Crippen LogP) is 3.48. The highest BCUT2D eigenvalue weighted by Gasteiger charge is 2.21. The van der Waals surface area contributed by atoms with Crippen LogP contribution in [-0.4, -0.2) is 30.8 Å². The van der Waals surface area contributed by atoms with Crippen LogP contribution in [0.15, 0.2) is 18.2 Å². The molecule has 1 aliphatic heterocycles. The van der Waals surface area contributed by atoms with Crippen LogP contribution in [0.1, 0.15) is 51.6 Å². The highest BCUT2D eigenvalue weighted by molar-refractivity contribution is 5.55. The molecule has 0 radical (unpaired) electrons. The molecule has 2 rings (SSSR count). The third-order valence-corrected chi connectivity index (χ3v) is 4.43. The molecule has 1 saturated heterocycles. The van der Waals surface area contributed by atoms with E-state index in [1.54, 1.807) is 6.07 Å². The van der Waals surface area contributed by atoms with Crippen molar-refractivity contribution in [3.05, 3.63) is 29.6 Å². The van der Waals surface area contributed by atoms with Gasteiger partial charge in [-0.3, -0.25) is 0 Å². The molecular formula is C18H29FN2O. The van der Waals surface area contributed by atoms with Crippen molar-refractivity contribution in [3.63, 3.8) is 0 Å². The second-order valence-electron chi connectivity index (χ2n) is 6.78. The van der Waals surface area contributed by atoms with Crippen LogP contribution in [0.25, 0.3) is 0 Å². The minimum atomic E-state index is -0.193. The van der Waals surface area contributed by atoms with E-state index >= 15 is 0 Å². The molecule has 1 fully saturated rings. The van der Waals surface area contributed by atoms with Crippen molar-refractivity contribution >= 4 is 5.69 Å². The lowest BCUT2D eigenvalue weighted by Crippen LogP contribution is -2.37. The number of nitrogens with zero attached hydrogens (tertiary/aromatic N) is 1. The molecule has 0 amide bonds. The second-order valence-corrected chi connectivity index (χ2v) is 6.78. The molecular weight excluding hydrogens is 279 g/mol. The fourth-order valence-corrected chi connectivity index (χ4v) is 2.97. The Kier molecular flexibility index (Phi) is 6.21.